The normalized spacial score (nSPS) is 20.3. The predicted molar refractivity (Wildman–Crippen MR) is 89.4 cm³/mol. The summed E-state index contributed by atoms with van der Waals surface area (Å²) in [6.07, 6.45) is 0.833. The number of nitrogens with zero attached hydrogens (tertiary/aromatic N) is 1. The summed E-state index contributed by atoms with van der Waals surface area (Å²) in [4.78, 5) is 0. The quantitative estimate of drug-likeness (QED) is 0.839. The van der Waals surface area contributed by atoms with Gasteiger partial charge < -0.3 is 24.1 Å². The van der Waals surface area contributed by atoms with Crippen LogP contribution in [-0.2, 0) is 17.7 Å². The van der Waals surface area contributed by atoms with Crippen LogP contribution in [0.5, 0.6) is 11.5 Å². The van der Waals surface area contributed by atoms with E-state index < -0.39 is 0 Å². The number of ether oxygens (including phenoxy) is 3. The second-order valence-electron chi connectivity index (χ2n) is 6.14. The van der Waals surface area contributed by atoms with Crippen LogP contribution < -0.4 is 14.8 Å². The fourth-order valence-corrected chi connectivity index (χ4v) is 3.01. The molecule has 1 aliphatic rings. The number of methoxy groups -OCH3 is 2. The minimum atomic E-state index is 0.285. The number of aryl methyl sites for hydroxylation is 1. The van der Waals surface area contributed by atoms with Crippen molar-refractivity contribution in [2.45, 2.75) is 25.9 Å². The Bertz CT molecular complexity index is 649. The predicted octanol–water partition coefficient (Wildman–Crippen LogP) is 2.35. The summed E-state index contributed by atoms with van der Waals surface area (Å²) in [5.41, 5.74) is 2.03. The van der Waals surface area contributed by atoms with Gasteiger partial charge in [0.05, 0.1) is 33.1 Å². The second kappa shape index (κ2) is 7.68. The van der Waals surface area contributed by atoms with Crippen molar-refractivity contribution in [3.05, 3.63) is 41.3 Å². The molecule has 0 spiro atoms. The molecule has 2 atom stereocenters. The third kappa shape index (κ3) is 4.07. The van der Waals surface area contributed by atoms with E-state index in [4.69, 9.17) is 18.7 Å². The molecule has 6 nitrogen and oxygen atoms in total. The fourth-order valence-electron chi connectivity index (χ4n) is 3.01. The van der Waals surface area contributed by atoms with E-state index in [1.165, 1.54) is 0 Å². The molecule has 1 N–H and O–H groups in total. The van der Waals surface area contributed by atoms with Gasteiger partial charge in [0.2, 0.25) is 0 Å². The number of hydrogen-bond acceptors (Lipinski definition) is 6. The highest BCUT2D eigenvalue weighted by atomic mass is 16.5. The monoisotopic (exact) mass is 332 g/mol. The van der Waals surface area contributed by atoms with E-state index in [0.29, 0.717) is 12.5 Å². The molecule has 1 saturated heterocycles. The van der Waals surface area contributed by atoms with Crippen LogP contribution in [0.1, 0.15) is 17.0 Å². The Morgan fingerprint density at radius 3 is 2.50 bits per heavy atom. The Labute approximate surface area is 142 Å². The molecule has 0 aliphatic carbocycles. The van der Waals surface area contributed by atoms with Crippen LogP contribution in [-0.4, -0.2) is 38.6 Å². The minimum Gasteiger partial charge on any atom is -0.497 e. The molecule has 2 heterocycles. The van der Waals surface area contributed by atoms with Gasteiger partial charge in [0.25, 0.3) is 0 Å². The summed E-state index contributed by atoms with van der Waals surface area (Å²) in [6, 6.07) is 8.17. The van der Waals surface area contributed by atoms with E-state index in [1.54, 1.807) is 14.2 Å². The van der Waals surface area contributed by atoms with Gasteiger partial charge in [-0.3, -0.25) is 0 Å². The molecular formula is C18H24N2O4. The van der Waals surface area contributed by atoms with Crippen LogP contribution in [0.3, 0.4) is 0 Å². The highest BCUT2D eigenvalue weighted by Crippen LogP contribution is 2.24. The molecule has 0 bridgehead atoms. The first-order valence-electron chi connectivity index (χ1n) is 8.13. The Hall–Kier alpha value is -2.05. The molecule has 1 aromatic heterocycles. The van der Waals surface area contributed by atoms with Crippen molar-refractivity contribution >= 4 is 0 Å². The molecule has 0 radical (unpaired) electrons. The first kappa shape index (κ1) is 16.8. The van der Waals surface area contributed by atoms with Crippen molar-refractivity contribution in [1.82, 2.24) is 10.5 Å². The van der Waals surface area contributed by atoms with Crippen LogP contribution in [0.4, 0.5) is 0 Å². The average molecular weight is 332 g/mol. The van der Waals surface area contributed by atoms with Gasteiger partial charge in [0.15, 0.2) is 0 Å². The second-order valence-corrected chi connectivity index (χ2v) is 6.14. The molecular weight excluding hydrogens is 308 g/mol. The van der Waals surface area contributed by atoms with Crippen LogP contribution in [0.2, 0.25) is 0 Å². The lowest BCUT2D eigenvalue weighted by molar-refractivity contribution is 0.181. The maximum Gasteiger partial charge on any atom is 0.137 e. The molecule has 3 rings (SSSR count). The van der Waals surface area contributed by atoms with Gasteiger partial charge in [-0.2, -0.15) is 0 Å². The van der Waals surface area contributed by atoms with Crippen molar-refractivity contribution in [1.29, 1.82) is 0 Å². The number of aromatic nitrogens is 1. The molecule has 0 saturated carbocycles. The SMILES string of the molecule is COc1cc(CN[C@@H]2COC[C@H]2Cc2cc(C)no2)cc(OC)c1. The number of rotatable bonds is 7. The Kier molecular flexibility index (Phi) is 5.37. The molecule has 1 aliphatic heterocycles. The van der Waals surface area contributed by atoms with Crippen molar-refractivity contribution in [3.8, 4) is 11.5 Å². The molecule has 1 fully saturated rings. The molecule has 1 aromatic carbocycles. The van der Waals surface area contributed by atoms with Crippen LogP contribution in [0.25, 0.3) is 0 Å². The van der Waals surface area contributed by atoms with E-state index in [0.717, 1.165) is 48.1 Å². The smallest absolute Gasteiger partial charge is 0.137 e. The van der Waals surface area contributed by atoms with E-state index in [9.17, 15) is 0 Å². The summed E-state index contributed by atoms with van der Waals surface area (Å²) in [6.45, 7) is 4.11. The number of hydrogen-bond donors (Lipinski definition) is 1. The molecule has 0 amide bonds. The number of nitrogens with one attached hydrogen (secondary N) is 1. The first-order valence-corrected chi connectivity index (χ1v) is 8.13. The largest absolute Gasteiger partial charge is 0.497 e. The zero-order valence-corrected chi connectivity index (χ0v) is 14.4. The van der Waals surface area contributed by atoms with Crippen molar-refractivity contribution < 1.29 is 18.7 Å². The molecule has 24 heavy (non-hydrogen) atoms. The van der Waals surface area contributed by atoms with E-state index in [2.05, 4.69) is 10.5 Å². The average Bonchev–Trinajstić information content (AvgIpc) is 3.21. The lowest BCUT2D eigenvalue weighted by Gasteiger charge is -2.18. The van der Waals surface area contributed by atoms with Crippen molar-refractivity contribution in [3.63, 3.8) is 0 Å². The van der Waals surface area contributed by atoms with Gasteiger partial charge in [-0.15, -0.1) is 0 Å². The van der Waals surface area contributed by atoms with Gasteiger partial charge in [-0.05, 0) is 24.6 Å². The van der Waals surface area contributed by atoms with E-state index >= 15 is 0 Å². The highest BCUT2D eigenvalue weighted by Gasteiger charge is 2.29. The summed E-state index contributed by atoms with van der Waals surface area (Å²) < 4.78 is 21.6. The first-order chi connectivity index (χ1) is 11.7. The third-order valence-corrected chi connectivity index (χ3v) is 4.32. The molecule has 130 valence electrons. The molecule has 0 unspecified atom stereocenters. The minimum absolute atomic E-state index is 0.285. The maximum absolute atomic E-state index is 5.65. The van der Waals surface area contributed by atoms with Crippen LogP contribution in [0.15, 0.2) is 28.8 Å². The summed E-state index contributed by atoms with van der Waals surface area (Å²) in [7, 11) is 3.32. The molecule has 6 heteroatoms. The maximum atomic E-state index is 5.65. The Morgan fingerprint density at radius 1 is 1.12 bits per heavy atom. The van der Waals surface area contributed by atoms with Gasteiger partial charge >= 0.3 is 0 Å². The van der Waals surface area contributed by atoms with E-state index in [-0.39, 0.29) is 6.04 Å². The van der Waals surface area contributed by atoms with Gasteiger partial charge in [-0.25, -0.2) is 0 Å². The lowest BCUT2D eigenvalue weighted by Crippen LogP contribution is -2.36. The Morgan fingerprint density at radius 2 is 1.88 bits per heavy atom. The van der Waals surface area contributed by atoms with Gasteiger partial charge in [-0.1, -0.05) is 5.16 Å². The van der Waals surface area contributed by atoms with Gasteiger partial charge in [0, 0.05) is 37.1 Å². The highest BCUT2D eigenvalue weighted by molar-refractivity contribution is 5.38. The van der Waals surface area contributed by atoms with Gasteiger partial charge in [0.1, 0.15) is 17.3 Å². The lowest BCUT2D eigenvalue weighted by atomic mass is 9.98. The van der Waals surface area contributed by atoms with Crippen molar-refractivity contribution in [2.24, 2.45) is 5.92 Å². The Balaban J connectivity index is 1.60. The topological polar surface area (TPSA) is 65.8 Å². The molecule has 2 aromatic rings. The number of benzene rings is 1. The summed E-state index contributed by atoms with van der Waals surface area (Å²) in [5.74, 6) is 2.88. The standard InChI is InChI=1S/C18H24N2O4/c1-12-4-17(24-20-12)7-14-10-23-11-18(14)19-9-13-5-15(21-2)8-16(6-13)22-3/h4-6,8,14,18-19H,7,9-11H2,1-3H3/t14-,18-/m1/s1. The summed E-state index contributed by atoms with van der Waals surface area (Å²) in [5, 5.41) is 7.53. The van der Waals surface area contributed by atoms with E-state index in [1.807, 2.05) is 31.2 Å². The fraction of sp³-hybridized carbons (Fsp3) is 0.500. The van der Waals surface area contributed by atoms with Crippen LogP contribution in [0, 0.1) is 12.8 Å². The zero-order valence-electron chi connectivity index (χ0n) is 14.4. The summed E-state index contributed by atoms with van der Waals surface area (Å²) >= 11 is 0. The third-order valence-electron chi connectivity index (χ3n) is 4.32. The van der Waals surface area contributed by atoms with Crippen LogP contribution >= 0.6 is 0 Å². The zero-order chi connectivity index (χ0) is 16.9. The van der Waals surface area contributed by atoms with Crippen molar-refractivity contribution in [2.75, 3.05) is 27.4 Å².